The van der Waals surface area contributed by atoms with Crippen LogP contribution in [-0.2, 0) is 16.4 Å². The standard InChI is InChI=1S/C23H21IN2O5S/c24-18-10-13-21(20(15-18)23(28)29)26-22(27)17-8-11-19(12-9-17)32(30,31)25-14-4-7-16-5-2-1-3-6-16/h1-3,5-6,8-13,15,25H,4,7,14H2,(H,26,27)(H,28,29). The first-order chi connectivity index (χ1) is 15.3. The van der Waals surface area contributed by atoms with Crippen LogP contribution in [0.15, 0.2) is 77.7 Å². The number of carboxylic acids is 1. The Bertz CT molecular complexity index is 1210. The van der Waals surface area contributed by atoms with Crippen LogP contribution in [-0.4, -0.2) is 31.9 Å². The van der Waals surface area contributed by atoms with Crippen molar-refractivity contribution >= 4 is 50.2 Å². The highest BCUT2D eigenvalue weighted by molar-refractivity contribution is 14.1. The van der Waals surface area contributed by atoms with Gasteiger partial charge in [-0.05, 0) is 83.5 Å². The number of aryl methyl sites for hydroxylation is 1. The first-order valence-corrected chi connectivity index (χ1v) is 12.3. The van der Waals surface area contributed by atoms with Gasteiger partial charge in [0.05, 0.1) is 16.1 Å². The van der Waals surface area contributed by atoms with E-state index in [0.29, 0.717) is 13.0 Å². The lowest BCUT2D eigenvalue weighted by atomic mass is 10.1. The number of rotatable bonds is 9. The summed E-state index contributed by atoms with van der Waals surface area (Å²) < 4.78 is 28.3. The molecule has 0 saturated heterocycles. The highest BCUT2D eigenvalue weighted by Gasteiger charge is 2.17. The minimum Gasteiger partial charge on any atom is -0.478 e. The monoisotopic (exact) mass is 564 g/mol. The maximum Gasteiger partial charge on any atom is 0.337 e. The molecule has 3 aromatic rings. The highest BCUT2D eigenvalue weighted by Crippen LogP contribution is 2.20. The van der Waals surface area contributed by atoms with Crippen LogP contribution >= 0.6 is 22.6 Å². The normalized spacial score (nSPS) is 11.2. The van der Waals surface area contributed by atoms with Gasteiger partial charge in [0.15, 0.2) is 0 Å². The molecular weight excluding hydrogens is 543 g/mol. The van der Waals surface area contributed by atoms with Gasteiger partial charge >= 0.3 is 5.97 Å². The van der Waals surface area contributed by atoms with E-state index in [1.165, 1.54) is 36.4 Å². The van der Waals surface area contributed by atoms with E-state index in [9.17, 15) is 23.1 Å². The number of aromatic carboxylic acids is 1. The predicted octanol–water partition coefficient (Wildman–Crippen LogP) is 4.15. The summed E-state index contributed by atoms with van der Waals surface area (Å²) in [6, 6.07) is 19.9. The number of hydrogen-bond acceptors (Lipinski definition) is 4. The molecule has 0 aliphatic heterocycles. The van der Waals surface area contributed by atoms with E-state index in [-0.39, 0.29) is 21.7 Å². The van der Waals surface area contributed by atoms with Crippen molar-refractivity contribution in [3.8, 4) is 0 Å². The van der Waals surface area contributed by atoms with Crippen molar-refractivity contribution < 1.29 is 23.1 Å². The third kappa shape index (κ3) is 6.38. The molecule has 0 saturated carbocycles. The van der Waals surface area contributed by atoms with E-state index in [1.807, 2.05) is 52.9 Å². The Morgan fingerprint density at radius 1 is 0.938 bits per heavy atom. The lowest BCUT2D eigenvalue weighted by molar-refractivity contribution is 0.0698. The maximum atomic E-state index is 12.5. The van der Waals surface area contributed by atoms with Crippen molar-refractivity contribution in [1.82, 2.24) is 4.72 Å². The van der Waals surface area contributed by atoms with Gasteiger partial charge in [0.25, 0.3) is 5.91 Å². The predicted molar refractivity (Wildman–Crippen MR) is 130 cm³/mol. The van der Waals surface area contributed by atoms with Crippen LogP contribution < -0.4 is 10.0 Å². The van der Waals surface area contributed by atoms with Crippen molar-refractivity contribution in [3.63, 3.8) is 0 Å². The Balaban J connectivity index is 1.61. The molecule has 3 N–H and O–H groups in total. The van der Waals surface area contributed by atoms with Crippen LogP contribution in [0.3, 0.4) is 0 Å². The summed E-state index contributed by atoms with van der Waals surface area (Å²) in [5.41, 5.74) is 1.49. The van der Waals surface area contributed by atoms with Crippen molar-refractivity contribution in [2.45, 2.75) is 17.7 Å². The lowest BCUT2D eigenvalue weighted by Gasteiger charge is -2.10. The molecule has 1 amide bonds. The van der Waals surface area contributed by atoms with E-state index in [1.54, 1.807) is 6.07 Å². The molecule has 0 bridgehead atoms. The zero-order valence-electron chi connectivity index (χ0n) is 16.9. The van der Waals surface area contributed by atoms with Gasteiger partial charge in [-0.1, -0.05) is 30.3 Å². The summed E-state index contributed by atoms with van der Waals surface area (Å²) in [5.74, 6) is -1.69. The van der Waals surface area contributed by atoms with Crippen LogP contribution in [0.4, 0.5) is 5.69 Å². The van der Waals surface area contributed by atoms with Crippen molar-refractivity contribution in [2.24, 2.45) is 0 Å². The number of carbonyl (C=O) groups is 2. The first-order valence-electron chi connectivity index (χ1n) is 9.74. The molecule has 166 valence electrons. The van der Waals surface area contributed by atoms with Gasteiger partial charge in [-0.25, -0.2) is 17.9 Å². The van der Waals surface area contributed by atoms with Crippen molar-refractivity contribution in [2.75, 3.05) is 11.9 Å². The molecule has 3 aromatic carbocycles. The second-order valence-corrected chi connectivity index (χ2v) is 9.97. The van der Waals surface area contributed by atoms with Gasteiger partial charge in [-0.2, -0.15) is 0 Å². The molecule has 0 atom stereocenters. The van der Waals surface area contributed by atoms with Crippen LogP contribution in [0.1, 0.15) is 32.7 Å². The summed E-state index contributed by atoms with van der Waals surface area (Å²) in [5, 5.41) is 11.9. The number of carbonyl (C=O) groups excluding carboxylic acids is 1. The van der Waals surface area contributed by atoms with Gasteiger partial charge in [0.1, 0.15) is 0 Å². The van der Waals surface area contributed by atoms with Gasteiger partial charge in [-0.15, -0.1) is 0 Å². The Kier molecular flexibility index (Phi) is 7.99. The number of anilines is 1. The average Bonchev–Trinajstić information content (AvgIpc) is 2.78. The van der Waals surface area contributed by atoms with Crippen LogP contribution in [0, 0.1) is 3.57 Å². The number of hydrogen-bond donors (Lipinski definition) is 3. The van der Waals surface area contributed by atoms with E-state index < -0.39 is 21.9 Å². The molecule has 0 spiro atoms. The minimum absolute atomic E-state index is 0.0239. The molecule has 3 rings (SSSR count). The van der Waals surface area contributed by atoms with E-state index in [0.717, 1.165) is 15.6 Å². The molecule has 32 heavy (non-hydrogen) atoms. The fourth-order valence-corrected chi connectivity index (χ4v) is 4.57. The van der Waals surface area contributed by atoms with Gasteiger partial charge in [-0.3, -0.25) is 4.79 Å². The molecular formula is C23H21IN2O5S. The van der Waals surface area contributed by atoms with E-state index in [2.05, 4.69) is 10.0 Å². The largest absolute Gasteiger partial charge is 0.478 e. The minimum atomic E-state index is -3.70. The van der Waals surface area contributed by atoms with E-state index >= 15 is 0 Å². The fraction of sp³-hybridized carbons (Fsp3) is 0.130. The zero-order chi connectivity index (χ0) is 23.1. The Morgan fingerprint density at radius 2 is 1.62 bits per heavy atom. The van der Waals surface area contributed by atoms with Crippen LogP contribution in [0.5, 0.6) is 0 Å². The SMILES string of the molecule is O=C(Nc1ccc(I)cc1C(=O)O)c1ccc(S(=O)(=O)NCCCc2ccccc2)cc1. The molecule has 0 aliphatic rings. The van der Waals surface area contributed by atoms with Gasteiger partial charge in [0.2, 0.25) is 10.0 Å². The summed E-state index contributed by atoms with van der Waals surface area (Å²) in [7, 11) is -3.70. The third-order valence-corrected chi connectivity index (χ3v) is 6.81. The van der Waals surface area contributed by atoms with Crippen molar-refractivity contribution in [1.29, 1.82) is 0 Å². The molecule has 9 heteroatoms. The molecule has 0 aliphatic carbocycles. The second kappa shape index (κ2) is 10.7. The lowest BCUT2D eigenvalue weighted by Crippen LogP contribution is -2.25. The Hall–Kier alpha value is -2.76. The fourth-order valence-electron chi connectivity index (χ4n) is 3.01. The number of benzene rings is 3. The number of amides is 1. The Labute approximate surface area is 200 Å². The van der Waals surface area contributed by atoms with Gasteiger partial charge in [0, 0.05) is 15.7 Å². The molecule has 0 unspecified atom stereocenters. The summed E-state index contributed by atoms with van der Waals surface area (Å²) in [6.07, 6.45) is 1.42. The molecule has 0 radical (unpaired) electrons. The number of halogens is 1. The second-order valence-electron chi connectivity index (χ2n) is 6.96. The zero-order valence-corrected chi connectivity index (χ0v) is 19.9. The van der Waals surface area contributed by atoms with Crippen LogP contribution in [0.25, 0.3) is 0 Å². The highest BCUT2D eigenvalue weighted by atomic mass is 127. The number of nitrogens with one attached hydrogen (secondary N) is 2. The van der Waals surface area contributed by atoms with Crippen LogP contribution in [0.2, 0.25) is 0 Å². The van der Waals surface area contributed by atoms with Gasteiger partial charge < -0.3 is 10.4 Å². The molecule has 0 aromatic heterocycles. The quantitative estimate of drug-likeness (QED) is 0.267. The average molecular weight is 564 g/mol. The van der Waals surface area contributed by atoms with E-state index in [4.69, 9.17) is 0 Å². The topological polar surface area (TPSA) is 113 Å². The molecule has 0 fully saturated rings. The molecule has 0 heterocycles. The summed E-state index contributed by atoms with van der Waals surface area (Å²) >= 11 is 1.99. The third-order valence-electron chi connectivity index (χ3n) is 4.66. The maximum absolute atomic E-state index is 12.5. The summed E-state index contributed by atoms with van der Waals surface area (Å²) in [4.78, 5) is 24.0. The Morgan fingerprint density at radius 3 is 2.28 bits per heavy atom. The van der Waals surface area contributed by atoms with Crippen molar-refractivity contribution in [3.05, 3.63) is 93.1 Å². The number of carboxylic acid groups (broad SMARTS) is 1. The molecule has 7 nitrogen and oxygen atoms in total. The smallest absolute Gasteiger partial charge is 0.337 e. The number of sulfonamides is 1. The summed E-state index contributed by atoms with van der Waals surface area (Å²) in [6.45, 7) is 0.296. The first kappa shape index (κ1) is 23.9.